The van der Waals surface area contributed by atoms with Gasteiger partial charge in [0.25, 0.3) is 0 Å². The quantitative estimate of drug-likeness (QED) is 0.460. The second-order valence-corrected chi connectivity index (χ2v) is 2.88. The normalized spacial score (nSPS) is 12.1. The molecule has 0 aromatic rings. The standard InChI is InChI=1S/C9H13F3.C2H4/c1-5-8(9(10,11)12)7(4)6(2)3;1-2/h5-6H,4H2,1-3H3;1-2H2/b8-5+;. The molecule has 0 amide bonds. The van der Waals surface area contributed by atoms with Gasteiger partial charge in [0.05, 0.1) is 5.57 Å². The molecule has 14 heavy (non-hydrogen) atoms. The largest absolute Gasteiger partial charge is 0.416 e. The summed E-state index contributed by atoms with van der Waals surface area (Å²) >= 11 is 0. The first kappa shape index (κ1) is 15.5. The highest BCUT2D eigenvalue weighted by molar-refractivity contribution is 5.33. The Morgan fingerprint density at radius 1 is 1.21 bits per heavy atom. The molecule has 0 nitrogen and oxygen atoms in total. The molecule has 3 heteroatoms. The van der Waals surface area contributed by atoms with Crippen LogP contribution in [0.3, 0.4) is 0 Å². The van der Waals surface area contributed by atoms with Crippen molar-refractivity contribution in [3.63, 3.8) is 0 Å². The zero-order valence-corrected chi connectivity index (χ0v) is 8.91. The highest BCUT2D eigenvalue weighted by Crippen LogP contribution is 2.33. The van der Waals surface area contributed by atoms with Gasteiger partial charge in [0.15, 0.2) is 0 Å². The van der Waals surface area contributed by atoms with Gasteiger partial charge >= 0.3 is 6.18 Å². The van der Waals surface area contributed by atoms with Crippen LogP contribution in [0.1, 0.15) is 20.8 Å². The van der Waals surface area contributed by atoms with Gasteiger partial charge in [-0.15, -0.1) is 13.2 Å². The Bertz CT molecular complexity index is 209. The van der Waals surface area contributed by atoms with E-state index in [0.29, 0.717) is 0 Å². The smallest absolute Gasteiger partial charge is 0.166 e. The molecule has 0 aliphatic carbocycles. The van der Waals surface area contributed by atoms with Crippen molar-refractivity contribution in [1.82, 2.24) is 0 Å². The van der Waals surface area contributed by atoms with Crippen molar-refractivity contribution in [1.29, 1.82) is 0 Å². The first-order valence-corrected chi connectivity index (χ1v) is 4.23. The summed E-state index contributed by atoms with van der Waals surface area (Å²) in [7, 11) is 0. The van der Waals surface area contributed by atoms with E-state index in [-0.39, 0.29) is 11.5 Å². The number of hydrogen-bond donors (Lipinski definition) is 0. The van der Waals surface area contributed by atoms with Crippen LogP contribution in [-0.4, -0.2) is 6.18 Å². The lowest BCUT2D eigenvalue weighted by atomic mass is 9.96. The molecular weight excluding hydrogens is 189 g/mol. The zero-order valence-electron chi connectivity index (χ0n) is 8.91. The van der Waals surface area contributed by atoms with Gasteiger partial charge in [0.2, 0.25) is 0 Å². The van der Waals surface area contributed by atoms with Gasteiger partial charge in [0, 0.05) is 0 Å². The number of halogens is 3. The van der Waals surface area contributed by atoms with Crippen LogP contribution in [0.4, 0.5) is 13.2 Å². The SMILES string of the molecule is C=C.C=C(/C(=C\C)C(F)(F)F)C(C)C. The van der Waals surface area contributed by atoms with Crippen molar-refractivity contribution in [2.24, 2.45) is 5.92 Å². The fraction of sp³-hybridized carbons (Fsp3) is 0.455. The number of hydrogen-bond acceptors (Lipinski definition) is 0. The summed E-state index contributed by atoms with van der Waals surface area (Å²) in [5, 5.41) is 0. The second-order valence-electron chi connectivity index (χ2n) is 2.88. The molecule has 0 rings (SSSR count). The Morgan fingerprint density at radius 2 is 1.57 bits per heavy atom. The van der Waals surface area contributed by atoms with Gasteiger partial charge in [-0.2, -0.15) is 13.2 Å². The summed E-state index contributed by atoms with van der Waals surface area (Å²) in [4.78, 5) is 0. The molecular formula is C11H17F3. The van der Waals surface area contributed by atoms with Gasteiger partial charge in [-0.1, -0.05) is 26.5 Å². The Kier molecular flexibility index (Phi) is 7.15. The summed E-state index contributed by atoms with van der Waals surface area (Å²) in [6.45, 7) is 14.2. The van der Waals surface area contributed by atoms with E-state index in [2.05, 4.69) is 19.7 Å². The maximum Gasteiger partial charge on any atom is 0.416 e. The second kappa shape index (κ2) is 6.46. The molecule has 0 heterocycles. The molecule has 0 aromatic carbocycles. The van der Waals surface area contributed by atoms with Crippen molar-refractivity contribution in [3.05, 3.63) is 37.0 Å². The van der Waals surface area contributed by atoms with Crippen LogP contribution in [0.25, 0.3) is 0 Å². The summed E-state index contributed by atoms with van der Waals surface area (Å²) in [6.07, 6.45) is -3.21. The van der Waals surface area contributed by atoms with Crippen molar-refractivity contribution >= 4 is 0 Å². The fourth-order valence-corrected chi connectivity index (χ4v) is 0.842. The summed E-state index contributed by atoms with van der Waals surface area (Å²) in [6, 6.07) is 0. The van der Waals surface area contributed by atoms with Crippen LogP contribution >= 0.6 is 0 Å². The molecule has 0 fully saturated rings. The Balaban J connectivity index is 0. The predicted octanol–water partition coefficient (Wildman–Crippen LogP) is 4.51. The van der Waals surface area contributed by atoms with E-state index in [4.69, 9.17) is 0 Å². The molecule has 0 aliphatic rings. The van der Waals surface area contributed by atoms with Gasteiger partial charge in [-0.25, -0.2) is 0 Å². The minimum absolute atomic E-state index is 0.144. The van der Waals surface area contributed by atoms with Crippen LogP contribution < -0.4 is 0 Å². The molecule has 0 spiro atoms. The number of rotatable bonds is 2. The minimum Gasteiger partial charge on any atom is -0.166 e. The van der Waals surface area contributed by atoms with Crippen LogP contribution in [0, 0.1) is 5.92 Å². The monoisotopic (exact) mass is 206 g/mol. The van der Waals surface area contributed by atoms with Crippen LogP contribution in [-0.2, 0) is 0 Å². The van der Waals surface area contributed by atoms with Gasteiger partial charge < -0.3 is 0 Å². The Labute approximate surface area is 83.8 Å². The van der Waals surface area contributed by atoms with Gasteiger partial charge in [-0.05, 0) is 18.4 Å². The van der Waals surface area contributed by atoms with Crippen molar-refractivity contribution < 1.29 is 13.2 Å². The molecule has 0 aliphatic heterocycles. The first-order valence-electron chi connectivity index (χ1n) is 4.23. The highest BCUT2D eigenvalue weighted by atomic mass is 19.4. The van der Waals surface area contributed by atoms with Crippen molar-refractivity contribution in [2.75, 3.05) is 0 Å². The fourth-order valence-electron chi connectivity index (χ4n) is 0.842. The zero-order chi connectivity index (χ0) is 11.9. The summed E-state index contributed by atoms with van der Waals surface area (Å²) in [5.41, 5.74) is -0.470. The first-order chi connectivity index (χ1) is 6.30. The highest BCUT2D eigenvalue weighted by Gasteiger charge is 2.34. The lowest BCUT2D eigenvalue weighted by Gasteiger charge is -2.16. The molecule has 0 atom stereocenters. The molecule has 0 saturated heterocycles. The maximum atomic E-state index is 12.2. The molecule has 0 N–H and O–H groups in total. The minimum atomic E-state index is -4.27. The molecule has 82 valence electrons. The Morgan fingerprint density at radius 3 is 1.64 bits per heavy atom. The summed E-state index contributed by atoms with van der Waals surface area (Å²) < 4.78 is 36.6. The molecule has 0 unspecified atom stereocenters. The van der Waals surface area contributed by atoms with E-state index in [1.54, 1.807) is 13.8 Å². The third kappa shape index (κ3) is 4.90. The van der Waals surface area contributed by atoms with E-state index in [0.717, 1.165) is 6.08 Å². The third-order valence-corrected chi connectivity index (χ3v) is 1.64. The number of alkyl halides is 3. The average Bonchev–Trinajstić information content (AvgIpc) is 2.06. The Hall–Kier alpha value is -0.990. The van der Waals surface area contributed by atoms with Gasteiger partial charge in [0.1, 0.15) is 0 Å². The predicted molar refractivity (Wildman–Crippen MR) is 55.0 cm³/mol. The topological polar surface area (TPSA) is 0 Å². The molecule has 0 bridgehead atoms. The summed E-state index contributed by atoms with van der Waals surface area (Å²) in [5.74, 6) is -0.169. The third-order valence-electron chi connectivity index (χ3n) is 1.64. The van der Waals surface area contributed by atoms with Gasteiger partial charge in [-0.3, -0.25) is 0 Å². The van der Waals surface area contributed by atoms with E-state index >= 15 is 0 Å². The van der Waals surface area contributed by atoms with E-state index < -0.39 is 11.7 Å². The molecule has 0 saturated carbocycles. The van der Waals surface area contributed by atoms with Crippen LogP contribution in [0.2, 0.25) is 0 Å². The number of allylic oxidation sites excluding steroid dienone is 3. The molecule has 0 radical (unpaired) electrons. The average molecular weight is 206 g/mol. The van der Waals surface area contributed by atoms with E-state index in [1.165, 1.54) is 6.92 Å². The molecule has 0 aromatic heterocycles. The lowest BCUT2D eigenvalue weighted by molar-refractivity contribution is -0.0900. The van der Waals surface area contributed by atoms with Crippen LogP contribution in [0.15, 0.2) is 37.0 Å². The van der Waals surface area contributed by atoms with E-state index in [1.807, 2.05) is 0 Å². The van der Waals surface area contributed by atoms with Crippen LogP contribution in [0.5, 0.6) is 0 Å². The maximum absolute atomic E-state index is 12.2. The van der Waals surface area contributed by atoms with E-state index in [9.17, 15) is 13.2 Å². The van der Waals surface area contributed by atoms with Crippen molar-refractivity contribution in [2.45, 2.75) is 26.9 Å². The van der Waals surface area contributed by atoms with Crippen molar-refractivity contribution in [3.8, 4) is 0 Å². The lowest BCUT2D eigenvalue weighted by Crippen LogP contribution is -2.15.